The molecule has 1 aromatic rings. The van der Waals surface area contributed by atoms with Crippen LogP contribution in [0.15, 0.2) is 18.3 Å². The van der Waals surface area contributed by atoms with Crippen molar-refractivity contribution >= 4 is 18.7 Å². The first-order valence-electron chi connectivity index (χ1n) is 8.23. The molecule has 2 aliphatic heterocycles. The van der Waals surface area contributed by atoms with Gasteiger partial charge in [0.1, 0.15) is 0 Å². The van der Waals surface area contributed by atoms with Gasteiger partial charge in [-0.25, -0.2) is 4.79 Å². The molecule has 2 fully saturated rings. The summed E-state index contributed by atoms with van der Waals surface area (Å²) >= 11 is 0. The molecule has 130 valence electrons. The highest BCUT2D eigenvalue weighted by atomic mass is 16.7. The van der Waals surface area contributed by atoms with Gasteiger partial charge in [0.25, 0.3) is 0 Å². The number of carbonyl (C=O) groups is 1. The minimum atomic E-state index is -0.927. The quantitative estimate of drug-likeness (QED) is 0.786. The van der Waals surface area contributed by atoms with E-state index in [2.05, 4.69) is 10.3 Å². The molecule has 0 aliphatic carbocycles. The summed E-state index contributed by atoms with van der Waals surface area (Å²) < 4.78 is 12.1. The highest BCUT2D eigenvalue weighted by Gasteiger charge is 2.51. The third-order valence-corrected chi connectivity index (χ3v) is 5.16. The highest BCUT2D eigenvalue weighted by molar-refractivity contribution is 6.62. The molecule has 1 amide bonds. The molecule has 3 heterocycles. The normalized spacial score (nSPS) is 25.8. The summed E-state index contributed by atoms with van der Waals surface area (Å²) in [7, 11) is -0.480. The van der Waals surface area contributed by atoms with Gasteiger partial charge in [-0.3, -0.25) is 9.88 Å². The second kappa shape index (κ2) is 6.02. The van der Waals surface area contributed by atoms with Crippen LogP contribution in [0.3, 0.4) is 0 Å². The zero-order chi connectivity index (χ0) is 17.5. The van der Waals surface area contributed by atoms with Crippen LogP contribution in [0.25, 0.3) is 0 Å². The fourth-order valence-corrected chi connectivity index (χ4v) is 2.97. The SMILES string of the molecule is CC1(C)OB(c2ccnc(C3CNCCN3C(=O)O)c2)OC1(C)C. The van der Waals surface area contributed by atoms with Crippen LogP contribution in [-0.2, 0) is 9.31 Å². The number of hydrogen-bond acceptors (Lipinski definition) is 5. The molecule has 3 rings (SSSR count). The first-order chi connectivity index (χ1) is 11.2. The van der Waals surface area contributed by atoms with Crippen LogP contribution in [-0.4, -0.2) is 59.0 Å². The van der Waals surface area contributed by atoms with E-state index in [1.807, 2.05) is 39.8 Å². The van der Waals surface area contributed by atoms with E-state index in [9.17, 15) is 9.90 Å². The standard InChI is InChI=1S/C16H24BN3O4/c1-15(2)16(3,4)24-17(23-15)11-5-6-19-12(9-11)13-10-18-7-8-20(13)14(21)22/h5-6,9,13,18H,7-8,10H2,1-4H3,(H,21,22). The van der Waals surface area contributed by atoms with Crippen LogP contribution < -0.4 is 10.8 Å². The molecule has 0 radical (unpaired) electrons. The highest BCUT2D eigenvalue weighted by Crippen LogP contribution is 2.36. The summed E-state index contributed by atoms with van der Waals surface area (Å²) in [5.41, 5.74) is 0.729. The van der Waals surface area contributed by atoms with Crippen molar-refractivity contribution in [1.82, 2.24) is 15.2 Å². The third-order valence-electron chi connectivity index (χ3n) is 5.16. The summed E-state index contributed by atoms with van der Waals surface area (Å²) in [4.78, 5) is 17.3. The lowest BCUT2D eigenvalue weighted by molar-refractivity contribution is 0.00578. The lowest BCUT2D eigenvalue weighted by Gasteiger charge is -2.33. The van der Waals surface area contributed by atoms with E-state index in [-0.39, 0.29) is 6.04 Å². The van der Waals surface area contributed by atoms with Crippen LogP contribution >= 0.6 is 0 Å². The number of nitrogens with one attached hydrogen (secondary N) is 1. The Morgan fingerprint density at radius 3 is 2.67 bits per heavy atom. The Balaban J connectivity index is 1.86. The summed E-state index contributed by atoms with van der Waals surface area (Å²) in [6.45, 7) is 9.67. The van der Waals surface area contributed by atoms with Gasteiger partial charge in [-0.1, -0.05) is 0 Å². The number of rotatable bonds is 2. The first-order valence-corrected chi connectivity index (χ1v) is 8.23. The van der Waals surface area contributed by atoms with Crippen molar-refractivity contribution < 1.29 is 19.2 Å². The maximum absolute atomic E-state index is 11.5. The van der Waals surface area contributed by atoms with Gasteiger partial charge in [-0.05, 0) is 45.3 Å². The molecule has 1 aromatic heterocycles. The van der Waals surface area contributed by atoms with Gasteiger partial charge in [0.15, 0.2) is 0 Å². The molecule has 2 saturated heterocycles. The van der Waals surface area contributed by atoms with E-state index in [0.717, 1.165) is 5.46 Å². The summed E-state index contributed by atoms with van der Waals surface area (Å²) in [5, 5.41) is 12.6. The molecule has 2 N–H and O–H groups in total. The molecule has 0 spiro atoms. The number of nitrogens with zero attached hydrogens (tertiary/aromatic N) is 2. The van der Waals surface area contributed by atoms with Gasteiger partial charge in [0, 0.05) is 25.8 Å². The monoisotopic (exact) mass is 333 g/mol. The Bertz CT molecular complexity index is 622. The van der Waals surface area contributed by atoms with E-state index in [0.29, 0.717) is 25.3 Å². The van der Waals surface area contributed by atoms with Crippen LogP contribution in [0, 0.1) is 0 Å². The number of amides is 1. The Labute approximate surface area is 142 Å². The van der Waals surface area contributed by atoms with Gasteiger partial charge in [-0.15, -0.1) is 0 Å². The van der Waals surface area contributed by atoms with Crippen molar-refractivity contribution in [3.63, 3.8) is 0 Å². The minimum absolute atomic E-state index is 0.307. The molecule has 0 saturated carbocycles. The van der Waals surface area contributed by atoms with Crippen molar-refractivity contribution in [2.45, 2.75) is 44.9 Å². The van der Waals surface area contributed by atoms with Crippen molar-refractivity contribution in [3.8, 4) is 0 Å². The average molecular weight is 333 g/mol. The molecule has 2 aliphatic rings. The zero-order valence-electron chi connectivity index (χ0n) is 14.6. The minimum Gasteiger partial charge on any atom is -0.465 e. The van der Waals surface area contributed by atoms with E-state index < -0.39 is 24.4 Å². The fourth-order valence-electron chi connectivity index (χ4n) is 2.97. The maximum atomic E-state index is 11.5. The number of hydrogen-bond donors (Lipinski definition) is 2. The molecule has 7 nitrogen and oxygen atoms in total. The van der Waals surface area contributed by atoms with Crippen molar-refractivity contribution in [2.75, 3.05) is 19.6 Å². The predicted octanol–water partition coefficient (Wildman–Crippen LogP) is 1.01. The molecule has 24 heavy (non-hydrogen) atoms. The Hall–Kier alpha value is -1.64. The van der Waals surface area contributed by atoms with E-state index in [4.69, 9.17) is 9.31 Å². The molecule has 0 aromatic carbocycles. The Morgan fingerprint density at radius 2 is 2.04 bits per heavy atom. The van der Waals surface area contributed by atoms with Crippen LogP contribution in [0.2, 0.25) is 0 Å². The van der Waals surface area contributed by atoms with E-state index >= 15 is 0 Å². The van der Waals surface area contributed by atoms with Gasteiger partial charge in [0.05, 0.1) is 22.9 Å². The fraction of sp³-hybridized carbons (Fsp3) is 0.625. The topological polar surface area (TPSA) is 83.9 Å². The lowest BCUT2D eigenvalue weighted by atomic mass is 9.79. The largest absolute Gasteiger partial charge is 0.494 e. The summed E-state index contributed by atoms with van der Waals surface area (Å²) in [6.07, 6.45) is 0.758. The number of piperazine rings is 1. The smallest absolute Gasteiger partial charge is 0.465 e. The lowest BCUT2D eigenvalue weighted by Crippen LogP contribution is -2.48. The van der Waals surface area contributed by atoms with Gasteiger partial charge >= 0.3 is 13.2 Å². The van der Waals surface area contributed by atoms with Crippen LogP contribution in [0.4, 0.5) is 4.79 Å². The van der Waals surface area contributed by atoms with Gasteiger partial charge in [0.2, 0.25) is 0 Å². The molecule has 0 bridgehead atoms. The maximum Gasteiger partial charge on any atom is 0.494 e. The first kappa shape index (κ1) is 17.2. The van der Waals surface area contributed by atoms with Gasteiger partial charge in [-0.2, -0.15) is 0 Å². The molecular weight excluding hydrogens is 309 g/mol. The summed E-state index contributed by atoms with van der Waals surface area (Å²) in [5.74, 6) is 0. The number of carboxylic acid groups (broad SMARTS) is 1. The molecule has 1 atom stereocenters. The number of aromatic nitrogens is 1. The average Bonchev–Trinajstić information content (AvgIpc) is 2.75. The second-order valence-corrected chi connectivity index (χ2v) is 7.30. The Morgan fingerprint density at radius 1 is 1.38 bits per heavy atom. The van der Waals surface area contributed by atoms with Crippen molar-refractivity contribution in [1.29, 1.82) is 0 Å². The van der Waals surface area contributed by atoms with E-state index in [1.165, 1.54) is 4.90 Å². The van der Waals surface area contributed by atoms with Gasteiger partial charge < -0.3 is 19.7 Å². The predicted molar refractivity (Wildman–Crippen MR) is 90.3 cm³/mol. The van der Waals surface area contributed by atoms with Crippen molar-refractivity contribution in [3.05, 3.63) is 24.0 Å². The number of pyridine rings is 1. The van der Waals surface area contributed by atoms with Crippen molar-refractivity contribution in [2.24, 2.45) is 0 Å². The molecular formula is C16H24BN3O4. The van der Waals surface area contributed by atoms with Crippen LogP contribution in [0.5, 0.6) is 0 Å². The second-order valence-electron chi connectivity index (χ2n) is 7.30. The van der Waals surface area contributed by atoms with E-state index in [1.54, 1.807) is 6.20 Å². The summed E-state index contributed by atoms with van der Waals surface area (Å²) in [6, 6.07) is 3.43. The zero-order valence-corrected chi connectivity index (χ0v) is 14.6. The Kier molecular flexibility index (Phi) is 4.31. The molecule has 1 unspecified atom stereocenters. The third kappa shape index (κ3) is 3.01. The van der Waals surface area contributed by atoms with Crippen LogP contribution in [0.1, 0.15) is 39.4 Å². The molecule has 8 heteroatoms.